The van der Waals surface area contributed by atoms with Crippen LogP contribution in [0.15, 0.2) is 48.5 Å². The summed E-state index contributed by atoms with van der Waals surface area (Å²) in [4.78, 5) is 38.2. The lowest BCUT2D eigenvalue weighted by Crippen LogP contribution is -2.35. The molecule has 3 amide bonds. The highest BCUT2D eigenvalue weighted by Gasteiger charge is 2.29. The van der Waals surface area contributed by atoms with Crippen LogP contribution in [-0.4, -0.2) is 24.3 Å². The lowest BCUT2D eigenvalue weighted by Gasteiger charge is -2.26. The number of piperidine rings is 1. The maximum Gasteiger partial charge on any atom is 0.255 e. The Bertz CT molecular complexity index is 903. The zero-order chi connectivity index (χ0) is 19.5. The number of hydrogen-bond acceptors (Lipinski definition) is 3. The van der Waals surface area contributed by atoms with Crippen molar-refractivity contribution >= 4 is 34.8 Å². The number of amides is 3. The molecule has 28 heavy (non-hydrogen) atoms. The highest BCUT2D eigenvalue weighted by atomic mass is 16.2. The predicted molar refractivity (Wildman–Crippen MR) is 108 cm³/mol. The Morgan fingerprint density at radius 2 is 1.64 bits per heavy atom. The standard InChI is InChI=1S/C22H23N3O3/c26-20-6-1-2-13-25(20)19-11-9-16(10-12-19)22(28)24-18-5-3-4-17(14-18)23-21(27)15-7-8-15/h3-5,9-12,14-15H,1-2,6-8,13H2,(H,23,27)(H,24,28). The number of hydrogen-bond donors (Lipinski definition) is 2. The second-order valence-electron chi connectivity index (χ2n) is 7.35. The molecule has 1 aliphatic heterocycles. The van der Waals surface area contributed by atoms with Gasteiger partial charge in [0.25, 0.3) is 5.91 Å². The van der Waals surface area contributed by atoms with Gasteiger partial charge in [0.15, 0.2) is 0 Å². The second kappa shape index (κ2) is 7.84. The zero-order valence-corrected chi connectivity index (χ0v) is 15.6. The van der Waals surface area contributed by atoms with Gasteiger partial charge in [0.1, 0.15) is 0 Å². The van der Waals surface area contributed by atoms with E-state index in [4.69, 9.17) is 0 Å². The molecule has 6 nitrogen and oxygen atoms in total. The fourth-order valence-electron chi connectivity index (χ4n) is 3.34. The van der Waals surface area contributed by atoms with Gasteiger partial charge < -0.3 is 15.5 Å². The predicted octanol–water partition coefficient (Wildman–Crippen LogP) is 3.80. The summed E-state index contributed by atoms with van der Waals surface area (Å²) in [6.07, 6.45) is 4.41. The van der Waals surface area contributed by atoms with Gasteiger partial charge in [-0.15, -0.1) is 0 Å². The van der Waals surface area contributed by atoms with Crippen LogP contribution in [0.2, 0.25) is 0 Å². The third-order valence-corrected chi connectivity index (χ3v) is 5.10. The van der Waals surface area contributed by atoms with E-state index in [2.05, 4.69) is 10.6 Å². The molecule has 1 saturated heterocycles. The Morgan fingerprint density at radius 1 is 0.929 bits per heavy atom. The van der Waals surface area contributed by atoms with Crippen molar-refractivity contribution < 1.29 is 14.4 Å². The van der Waals surface area contributed by atoms with E-state index in [0.717, 1.165) is 37.9 Å². The zero-order valence-electron chi connectivity index (χ0n) is 15.6. The molecule has 2 aromatic rings. The molecule has 2 aromatic carbocycles. The van der Waals surface area contributed by atoms with Gasteiger partial charge in [-0.25, -0.2) is 0 Å². The minimum atomic E-state index is -0.234. The molecule has 2 N–H and O–H groups in total. The summed E-state index contributed by atoms with van der Waals surface area (Å²) in [5.74, 6) is 0.0607. The van der Waals surface area contributed by atoms with E-state index < -0.39 is 0 Å². The second-order valence-corrected chi connectivity index (χ2v) is 7.35. The molecular formula is C22H23N3O3. The summed E-state index contributed by atoms with van der Waals surface area (Å²) in [7, 11) is 0. The average Bonchev–Trinajstić information content (AvgIpc) is 3.54. The number of nitrogens with zero attached hydrogens (tertiary/aromatic N) is 1. The normalized spacial score (nSPS) is 16.6. The fraction of sp³-hybridized carbons (Fsp3) is 0.318. The van der Waals surface area contributed by atoms with E-state index in [1.54, 1.807) is 41.3 Å². The molecule has 144 valence electrons. The quantitative estimate of drug-likeness (QED) is 0.832. The van der Waals surface area contributed by atoms with E-state index >= 15 is 0 Å². The van der Waals surface area contributed by atoms with E-state index in [1.807, 2.05) is 12.1 Å². The van der Waals surface area contributed by atoms with Crippen molar-refractivity contribution in [3.8, 4) is 0 Å². The van der Waals surface area contributed by atoms with Crippen molar-refractivity contribution in [2.24, 2.45) is 5.92 Å². The van der Waals surface area contributed by atoms with Gasteiger partial charge in [0.2, 0.25) is 11.8 Å². The third-order valence-electron chi connectivity index (χ3n) is 5.10. The van der Waals surface area contributed by atoms with Crippen LogP contribution in [0.5, 0.6) is 0 Å². The van der Waals surface area contributed by atoms with Crippen molar-refractivity contribution in [3.63, 3.8) is 0 Å². The Balaban J connectivity index is 1.40. The summed E-state index contributed by atoms with van der Waals surface area (Å²) in [6.45, 7) is 0.726. The fourth-order valence-corrected chi connectivity index (χ4v) is 3.34. The van der Waals surface area contributed by atoms with Crippen LogP contribution in [0, 0.1) is 5.92 Å². The van der Waals surface area contributed by atoms with Crippen molar-refractivity contribution in [1.29, 1.82) is 0 Å². The molecule has 0 aromatic heterocycles. The minimum Gasteiger partial charge on any atom is -0.326 e. The summed E-state index contributed by atoms with van der Waals surface area (Å²) in [5, 5.41) is 5.73. The van der Waals surface area contributed by atoms with Crippen LogP contribution in [0.3, 0.4) is 0 Å². The lowest BCUT2D eigenvalue weighted by atomic mass is 10.1. The monoisotopic (exact) mass is 377 g/mol. The largest absolute Gasteiger partial charge is 0.326 e. The van der Waals surface area contributed by atoms with Crippen molar-refractivity contribution in [2.45, 2.75) is 32.1 Å². The van der Waals surface area contributed by atoms with E-state index in [0.29, 0.717) is 23.4 Å². The van der Waals surface area contributed by atoms with E-state index in [1.165, 1.54) is 0 Å². The van der Waals surface area contributed by atoms with E-state index in [-0.39, 0.29) is 23.6 Å². The summed E-state index contributed by atoms with van der Waals surface area (Å²) in [6, 6.07) is 14.2. The molecule has 1 saturated carbocycles. The number of carbonyl (C=O) groups is 3. The van der Waals surface area contributed by atoms with Crippen LogP contribution in [-0.2, 0) is 9.59 Å². The molecule has 0 radical (unpaired) electrons. The minimum absolute atomic E-state index is 0.0336. The highest BCUT2D eigenvalue weighted by Crippen LogP contribution is 2.30. The van der Waals surface area contributed by atoms with E-state index in [9.17, 15) is 14.4 Å². The van der Waals surface area contributed by atoms with Crippen LogP contribution < -0.4 is 15.5 Å². The maximum atomic E-state index is 12.5. The van der Waals surface area contributed by atoms with Gasteiger partial charge >= 0.3 is 0 Å². The number of anilines is 3. The first kappa shape index (κ1) is 18.2. The van der Waals surface area contributed by atoms with Gasteiger partial charge in [-0.05, 0) is 68.1 Å². The average molecular weight is 377 g/mol. The molecule has 6 heteroatoms. The summed E-state index contributed by atoms with van der Waals surface area (Å²) < 4.78 is 0. The van der Waals surface area contributed by atoms with Crippen LogP contribution in [0.4, 0.5) is 17.1 Å². The first-order valence-corrected chi connectivity index (χ1v) is 9.73. The number of rotatable bonds is 5. The molecule has 2 aliphatic rings. The van der Waals surface area contributed by atoms with Gasteiger partial charge in [-0.2, -0.15) is 0 Å². The topological polar surface area (TPSA) is 78.5 Å². The lowest BCUT2D eigenvalue weighted by molar-refractivity contribution is -0.119. The number of carbonyl (C=O) groups excluding carboxylic acids is 3. The SMILES string of the molecule is O=C(Nc1cccc(NC(=O)C2CC2)c1)c1ccc(N2CCCCC2=O)cc1. The van der Waals surface area contributed by atoms with Crippen molar-refractivity contribution in [1.82, 2.24) is 0 Å². The first-order chi connectivity index (χ1) is 13.6. The Kier molecular flexibility index (Phi) is 5.10. The first-order valence-electron chi connectivity index (χ1n) is 9.73. The Labute approximate surface area is 163 Å². The molecule has 2 fully saturated rings. The van der Waals surface area contributed by atoms with Gasteiger partial charge in [0.05, 0.1) is 0 Å². The molecule has 0 spiro atoms. The number of nitrogens with one attached hydrogen (secondary N) is 2. The molecule has 0 bridgehead atoms. The molecule has 0 atom stereocenters. The summed E-state index contributed by atoms with van der Waals surface area (Å²) in [5.41, 5.74) is 2.63. The molecule has 0 unspecified atom stereocenters. The smallest absolute Gasteiger partial charge is 0.255 e. The van der Waals surface area contributed by atoms with Crippen molar-refractivity contribution in [2.75, 3.05) is 22.1 Å². The molecular weight excluding hydrogens is 354 g/mol. The van der Waals surface area contributed by atoms with Gasteiger partial charge in [0, 0.05) is 41.5 Å². The Hall–Kier alpha value is -3.15. The van der Waals surface area contributed by atoms with Gasteiger partial charge in [-0.3, -0.25) is 14.4 Å². The highest BCUT2D eigenvalue weighted by molar-refractivity contribution is 6.05. The molecule has 4 rings (SSSR count). The van der Waals surface area contributed by atoms with Gasteiger partial charge in [-0.1, -0.05) is 6.07 Å². The van der Waals surface area contributed by atoms with Crippen molar-refractivity contribution in [3.05, 3.63) is 54.1 Å². The van der Waals surface area contributed by atoms with Crippen LogP contribution >= 0.6 is 0 Å². The van der Waals surface area contributed by atoms with Crippen LogP contribution in [0.1, 0.15) is 42.5 Å². The van der Waals surface area contributed by atoms with Crippen LogP contribution in [0.25, 0.3) is 0 Å². The Morgan fingerprint density at radius 3 is 2.32 bits per heavy atom. The summed E-state index contributed by atoms with van der Waals surface area (Å²) >= 11 is 0. The maximum absolute atomic E-state index is 12.5. The number of benzene rings is 2. The molecule has 1 heterocycles. The molecule has 1 aliphatic carbocycles. The third kappa shape index (κ3) is 4.22.